The maximum absolute atomic E-state index is 10.5. The minimum absolute atomic E-state index is 0.0417. The van der Waals surface area contributed by atoms with Crippen LogP contribution in [0.2, 0.25) is 0 Å². The summed E-state index contributed by atoms with van der Waals surface area (Å²) in [6.45, 7) is 4.19. The Balaban J connectivity index is 2.43. The molecule has 1 saturated carbocycles. The van der Waals surface area contributed by atoms with Crippen LogP contribution in [0.5, 0.6) is 0 Å². The Kier molecular flexibility index (Phi) is 1.97. The molecule has 0 bridgehead atoms. The molecule has 1 aliphatic carbocycles. The lowest BCUT2D eigenvalue weighted by molar-refractivity contribution is -0.149. The van der Waals surface area contributed by atoms with Gasteiger partial charge in [0.25, 0.3) is 0 Å². The van der Waals surface area contributed by atoms with Crippen molar-refractivity contribution in [2.45, 2.75) is 26.7 Å². The molecule has 1 rings (SSSR count). The Hall–Kier alpha value is -0.530. The van der Waals surface area contributed by atoms with Gasteiger partial charge in [-0.05, 0) is 24.7 Å². The Labute approximate surface area is 61.2 Å². The van der Waals surface area contributed by atoms with Crippen molar-refractivity contribution >= 4 is 5.97 Å². The Morgan fingerprint density at radius 1 is 1.50 bits per heavy atom. The summed E-state index contributed by atoms with van der Waals surface area (Å²) in [6, 6.07) is 0. The standard InChI is InChI=1S/C8H14O2/c1-5(2)6-3-4-7(6)8(9)10/h5-7H,3-4H2,1-2H3,(H,9,10)/t6-,7+/m0/s1. The molecule has 0 unspecified atom stereocenters. The van der Waals surface area contributed by atoms with Crippen LogP contribution in [0.25, 0.3) is 0 Å². The number of hydrogen-bond acceptors (Lipinski definition) is 1. The first kappa shape index (κ1) is 7.58. The van der Waals surface area contributed by atoms with Crippen LogP contribution in [-0.2, 0) is 4.79 Å². The Morgan fingerprint density at radius 2 is 2.10 bits per heavy atom. The minimum atomic E-state index is -0.607. The highest BCUT2D eigenvalue weighted by Crippen LogP contribution is 2.39. The van der Waals surface area contributed by atoms with Crippen molar-refractivity contribution in [1.82, 2.24) is 0 Å². The second-order valence-electron chi connectivity index (χ2n) is 3.43. The highest BCUT2D eigenvalue weighted by Gasteiger charge is 2.37. The van der Waals surface area contributed by atoms with Crippen molar-refractivity contribution in [3.63, 3.8) is 0 Å². The number of aliphatic carboxylic acids is 1. The van der Waals surface area contributed by atoms with Gasteiger partial charge in [-0.2, -0.15) is 0 Å². The van der Waals surface area contributed by atoms with Crippen LogP contribution in [0.4, 0.5) is 0 Å². The molecular weight excluding hydrogens is 128 g/mol. The van der Waals surface area contributed by atoms with Crippen LogP contribution in [0, 0.1) is 17.8 Å². The molecule has 0 amide bonds. The van der Waals surface area contributed by atoms with Gasteiger partial charge in [-0.3, -0.25) is 4.79 Å². The molecule has 1 aliphatic rings. The molecule has 10 heavy (non-hydrogen) atoms. The normalized spacial score (nSPS) is 31.9. The Morgan fingerprint density at radius 3 is 2.20 bits per heavy atom. The van der Waals surface area contributed by atoms with Crippen LogP contribution in [-0.4, -0.2) is 11.1 Å². The number of hydrogen-bond donors (Lipinski definition) is 1. The summed E-state index contributed by atoms with van der Waals surface area (Å²) in [7, 11) is 0. The first-order valence-electron chi connectivity index (χ1n) is 3.85. The molecule has 0 aliphatic heterocycles. The van der Waals surface area contributed by atoms with Gasteiger partial charge in [-0.15, -0.1) is 0 Å². The molecule has 2 atom stereocenters. The van der Waals surface area contributed by atoms with Crippen LogP contribution >= 0.6 is 0 Å². The zero-order chi connectivity index (χ0) is 7.72. The van der Waals surface area contributed by atoms with E-state index in [0.29, 0.717) is 11.8 Å². The summed E-state index contributed by atoms with van der Waals surface area (Å²) in [4.78, 5) is 10.5. The monoisotopic (exact) mass is 142 g/mol. The lowest BCUT2D eigenvalue weighted by Crippen LogP contribution is -2.35. The van der Waals surface area contributed by atoms with E-state index < -0.39 is 5.97 Å². The third-order valence-electron chi connectivity index (χ3n) is 2.50. The molecule has 2 nitrogen and oxygen atoms in total. The molecule has 2 heteroatoms. The van der Waals surface area contributed by atoms with Gasteiger partial charge in [0.1, 0.15) is 0 Å². The fourth-order valence-corrected chi connectivity index (χ4v) is 1.63. The lowest BCUT2D eigenvalue weighted by atomic mass is 9.68. The molecule has 1 fully saturated rings. The van der Waals surface area contributed by atoms with Crippen LogP contribution in [0.1, 0.15) is 26.7 Å². The number of carboxylic acid groups (broad SMARTS) is 1. The molecule has 0 aromatic heterocycles. The predicted octanol–water partition coefficient (Wildman–Crippen LogP) is 1.75. The van der Waals surface area contributed by atoms with Crippen molar-refractivity contribution in [2.75, 3.05) is 0 Å². The second kappa shape index (κ2) is 2.60. The van der Waals surface area contributed by atoms with Crippen molar-refractivity contribution in [1.29, 1.82) is 0 Å². The topological polar surface area (TPSA) is 37.3 Å². The summed E-state index contributed by atoms with van der Waals surface area (Å²) in [5.41, 5.74) is 0. The number of carboxylic acids is 1. The first-order valence-corrected chi connectivity index (χ1v) is 3.85. The van der Waals surface area contributed by atoms with E-state index in [4.69, 9.17) is 5.11 Å². The van der Waals surface area contributed by atoms with Gasteiger partial charge >= 0.3 is 5.97 Å². The van der Waals surface area contributed by atoms with Gasteiger partial charge in [0.15, 0.2) is 0 Å². The average molecular weight is 142 g/mol. The van der Waals surface area contributed by atoms with Crippen LogP contribution in [0.15, 0.2) is 0 Å². The van der Waals surface area contributed by atoms with E-state index in [2.05, 4.69) is 13.8 Å². The third-order valence-corrected chi connectivity index (χ3v) is 2.50. The van der Waals surface area contributed by atoms with E-state index in [0.717, 1.165) is 12.8 Å². The summed E-state index contributed by atoms with van der Waals surface area (Å²) >= 11 is 0. The molecule has 0 radical (unpaired) electrons. The SMILES string of the molecule is CC(C)[C@@H]1CC[C@H]1C(=O)O. The molecule has 0 spiro atoms. The average Bonchev–Trinajstić information content (AvgIpc) is 1.56. The largest absolute Gasteiger partial charge is 0.481 e. The molecule has 0 heterocycles. The zero-order valence-electron chi connectivity index (χ0n) is 6.50. The van der Waals surface area contributed by atoms with E-state index in [1.54, 1.807) is 0 Å². The van der Waals surface area contributed by atoms with Gasteiger partial charge in [-0.1, -0.05) is 13.8 Å². The summed E-state index contributed by atoms with van der Waals surface area (Å²) < 4.78 is 0. The zero-order valence-corrected chi connectivity index (χ0v) is 6.50. The fraction of sp³-hybridized carbons (Fsp3) is 0.875. The molecule has 0 saturated heterocycles. The second-order valence-corrected chi connectivity index (χ2v) is 3.43. The lowest BCUT2D eigenvalue weighted by Gasteiger charge is -2.36. The van der Waals surface area contributed by atoms with Gasteiger partial charge in [0.05, 0.1) is 5.92 Å². The van der Waals surface area contributed by atoms with Gasteiger partial charge in [0.2, 0.25) is 0 Å². The van der Waals surface area contributed by atoms with Crippen molar-refractivity contribution < 1.29 is 9.90 Å². The van der Waals surface area contributed by atoms with Gasteiger partial charge in [-0.25, -0.2) is 0 Å². The quantitative estimate of drug-likeness (QED) is 0.637. The van der Waals surface area contributed by atoms with E-state index in [9.17, 15) is 4.79 Å². The summed E-state index contributed by atoms with van der Waals surface area (Å²) in [6.07, 6.45) is 1.99. The van der Waals surface area contributed by atoms with Gasteiger partial charge < -0.3 is 5.11 Å². The Bertz CT molecular complexity index is 140. The number of rotatable bonds is 2. The first-order chi connectivity index (χ1) is 4.63. The third kappa shape index (κ3) is 1.15. The van der Waals surface area contributed by atoms with Crippen molar-refractivity contribution in [2.24, 2.45) is 17.8 Å². The highest BCUT2D eigenvalue weighted by molar-refractivity contribution is 5.71. The van der Waals surface area contributed by atoms with Gasteiger partial charge in [0, 0.05) is 0 Å². The maximum Gasteiger partial charge on any atom is 0.306 e. The molecule has 0 aromatic carbocycles. The summed E-state index contributed by atoms with van der Waals surface area (Å²) in [5, 5.41) is 8.65. The molecular formula is C8H14O2. The van der Waals surface area contributed by atoms with E-state index in [1.807, 2.05) is 0 Å². The van der Waals surface area contributed by atoms with Crippen LogP contribution < -0.4 is 0 Å². The predicted molar refractivity (Wildman–Crippen MR) is 38.7 cm³/mol. The smallest absolute Gasteiger partial charge is 0.306 e. The van der Waals surface area contributed by atoms with Crippen molar-refractivity contribution in [3.8, 4) is 0 Å². The number of carbonyl (C=O) groups is 1. The molecule has 58 valence electrons. The van der Waals surface area contributed by atoms with Crippen LogP contribution in [0.3, 0.4) is 0 Å². The van der Waals surface area contributed by atoms with E-state index in [1.165, 1.54) is 0 Å². The molecule has 0 aromatic rings. The van der Waals surface area contributed by atoms with E-state index >= 15 is 0 Å². The van der Waals surface area contributed by atoms with E-state index in [-0.39, 0.29) is 5.92 Å². The minimum Gasteiger partial charge on any atom is -0.481 e. The summed E-state index contributed by atoms with van der Waals surface area (Å²) in [5.74, 6) is 0.331. The van der Waals surface area contributed by atoms with Crippen molar-refractivity contribution in [3.05, 3.63) is 0 Å². The fourth-order valence-electron chi connectivity index (χ4n) is 1.63. The maximum atomic E-state index is 10.5. The highest BCUT2D eigenvalue weighted by atomic mass is 16.4. The molecule has 1 N–H and O–H groups in total.